The number of aromatic nitrogens is 3. The second-order valence-corrected chi connectivity index (χ2v) is 13.0. The summed E-state index contributed by atoms with van der Waals surface area (Å²) in [6.07, 6.45) is 10.1. The van der Waals surface area contributed by atoms with E-state index in [1.54, 1.807) is 16.1 Å². The summed E-state index contributed by atoms with van der Waals surface area (Å²) in [5.41, 5.74) is 5.43. The maximum absolute atomic E-state index is 11.6. The highest BCUT2D eigenvalue weighted by Gasteiger charge is 2.33. The number of piperidine rings is 1. The molecule has 2 atom stereocenters. The number of nitrogens with one attached hydrogen (secondary N) is 1. The Bertz CT molecular complexity index is 1410. The van der Waals surface area contributed by atoms with Gasteiger partial charge in [0.2, 0.25) is 6.41 Å². The molecule has 2 aromatic heterocycles. The molecule has 0 saturated carbocycles. The van der Waals surface area contributed by atoms with Gasteiger partial charge in [0.15, 0.2) is 0 Å². The van der Waals surface area contributed by atoms with Gasteiger partial charge in [0.1, 0.15) is 11.7 Å². The molecule has 0 bridgehead atoms. The first-order valence-corrected chi connectivity index (χ1v) is 16.2. The molecule has 0 radical (unpaired) electrons. The molecule has 3 aliphatic rings. The number of aliphatic hydroxyl groups is 2. The van der Waals surface area contributed by atoms with Crippen LogP contribution < -0.4 is 5.32 Å². The number of hydrogen-bond acceptors (Lipinski definition) is 7. The standard InChI is InChI=1S/C14H12ClN.C11H17N3O2.C9H18N2O2/c15-13-6-5-12-9-14-10(2-1-7-16-14)3-4-11(12)8-13;1-10-5-14(8-12-10)7-11(16)3-2-4-13(6-11)9-15;1-7(2)8(12)9(13)11-5-3-10-4-6-11/h1-2,5-8H,3-4,9H2;5,8-9,16H,2-4,6-7H2,1H3;7-8,10,12H,3-6H2,1-2H3. The maximum atomic E-state index is 11.6. The summed E-state index contributed by atoms with van der Waals surface area (Å²) in [5, 5.41) is 23.9. The largest absolute Gasteiger partial charge is 0.386 e. The maximum Gasteiger partial charge on any atom is 0.251 e. The summed E-state index contributed by atoms with van der Waals surface area (Å²) in [6, 6.07) is 10.4. The average molecular weight is 639 g/mol. The third-order valence-corrected chi connectivity index (χ3v) is 8.70. The lowest BCUT2D eigenvalue weighted by Gasteiger charge is -2.37. The van der Waals surface area contributed by atoms with Crippen molar-refractivity contribution in [3.8, 4) is 0 Å². The number of aryl methyl sites for hydroxylation is 3. The van der Waals surface area contributed by atoms with Crippen molar-refractivity contribution >= 4 is 23.9 Å². The van der Waals surface area contributed by atoms with Crippen LogP contribution in [0.15, 0.2) is 49.1 Å². The van der Waals surface area contributed by atoms with E-state index in [4.69, 9.17) is 11.6 Å². The van der Waals surface area contributed by atoms with Crippen LogP contribution in [0.5, 0.6) is 0 Å². The molecule has 3 aromatic rings. The number of nitrogens with zero attached hydrogens (tertiary/aromatic N) is 5. The van der Waals surface area contributed by atoms with Crippen molar-refractivity contribution in [2.75, 3.05) is 39.3 Å². The number of likely N-dealkylation sites (tertiary alicyclic amines) is 1. The normalized spacial score (nSPS) is 20.0. The molecule has 4 heterocycles. The van der Waals surface area contributed by atoms with Crippen molar-refractivity contribution in [2.24, 2.45) is 5.92 Å². The number of amides is 2. The Hall–Kier alpha value is -3.31. The van der Waals surface area contributed by atoms with Gasteiger partial charge in [-0.3, -0.25) is 14.6 Å². The smallest absolute Gasteiger partial charge is 0.251 e. The van der Waals surface area contributed by atoms with Crippen LogP contribution >= 0.6 is 11.6 Å². The summed E-state index contributed by atoms with van der Waals surface area (Å²) >= 11 is 6.03. The SMILES string of the molecule is CC(C)C(O)C(=O)N1CCNCC1.Cc1cn(CC2(O)CCCN(C=O)C2)cn1.Clc1ccc2c(c1)CCc1cccnc1C2. The lowest BCUT2D eigenvalue weighted by Crippen LogP contribution is -2.50. The molecule has 6 rings (SSSR count). The molecule has 0 spiro atoms. The topological polar surface area (TPSA) is 124 Å². The average Bonchev–Trinajstić information content (AvgIpc) is 3.35. The fourth-order valence-electron chi connectivity index (χ4n) is 5.93. The molecule has 2 fully saturated rings. The Balaban J connectivity index is 0.000000155. The Morgan fingerprint density at radius 1 is 1.11 bits per heavy atom. The van der Waals surface area contributed by atoms with Gasteiger partial charge in [0.25, 0.3) is 5.91 Å². The van der Waals surface area contributed by atoms with Crippen LogP contribution in [0, 0.1) is 12.8 Å². The van der Waals surface area contributed by atoms with E-state index in [-0.39, 0.29) is 11.8 Å². The zero-order valence-corrected chi connectivity index (χ0v) is 27.4. The Kier molecular flexibility index (Phi) is 12.5. The van der Waals surface area contributed by atoms with E-state index in [0.717, 1.165) is 68.9 Å². The molecule has 244 valence electrons. The lowest BCUT2D eigenvalue weighted by atomic mass is 9.93. The molecular formula is C34H47ClN6O4. The second kappa shape index (κ2) is 16.3. The van der Waals surface area contributed by atoms with E-state index in [9.17, 15) is 19.8 Å². The summed E-state index contributed by atoms with van der Waals surface area (Å²) < 4.78 is 1.88. The molecule has 2 amide bonds. The molecule has 1 aromatic carbocycles. The molecular weight excluding hydrogens is 592 g/mol. The monoisotopic (exact) mass is 638 g/mol. The van der Waals surface area contributed by atoms with Gasteiger partial charge >= 0.3 is 0 Å². The van der Waals surface area contributed by atoms with Gasteiger partial charge in [-0.15, -0.1) is 0 Å². The quantitative estimate of drug-likeness (QED) is 0.367. The van der Waals surface area contributed by atoms with E-state index in [2.05, 4.69) is 33.5 Å². The predicted octanol–water partition coefficient (Wildman–Crippen LogP) is 3.03. The second-order valence-electron chi connectivity index (χ2n) is 12.6. The molecule has 2 aliphatic heterocycles. The molecule has 1 aliphatic carbocycles. The summed E-state index contributed by atoms with van der Waals surface area (Å²) in [4.78, 5) is 34.2. The van der Waals surface area contributed by atoms with E-state index in [0.29, 0.717) is 26.2 Å². The van der Waals surface area contributed by atoms with Crippen LogP contribution in [0.3, 0.4) is 0 Å². The first kappa shape index (κ1) is 34.6. The van der Waals surface area contributed by atoms with E-state index in [1.807, 2.05) is 49.9 Å². The number of rotatable bonds is 5. The van der Waals surface area contributed by atoms with Crippen LogP contribution in [-0.4, -0.2) is 97.8 Å². The van der Waals surface area contributed by atoms with E-state index in [1.165, 1.54) is 22.4 Å². The summed E-state index contributed by atoms with van der Waals surface area (Å²) in [7, 11) is 0. The number of carbonyl (C=O) groups excluding carboxylic acids is 2. The first-order chi connectivity index (χ1) is 21.6. The Morgan fingerprint density at radius 3 is 2.56 bits per heavy atom. The van der Waals surface area contributed by atoms with E-state index < -0.39 is 11.7 Å². The third-order valence-electron chi connectivity index (χ3n) is 8.46. The van der Waals surface area contributed by atoms with Crippen molar-refractivity contribution in [1.82, 2.24) is 29.7 Å². The highest BCUT2D eigenvalue weighted by atomic mass is 35.5. The number of pyridine rings is 1. The van der Waals surface area contributed by atoms with Gasteiger partial charge < -0.3 is 29.9 Å². The van der Waals surface area contributed by atoms with Crippen molar-refractivity contribution < 1.29 is 19.8 Å². The fourth-order valence-corrected chi connectivity index (χ4v) is 6.12. The number of aliphatic hydroxyl groups excluding tert-OH is 1. The van der Waals surface area contributed by atoms with Crippen LogP contribution in [0.2, 0.25) is 5.02 Å². The molecule has 11 heteroatoms. The van der Waals surface area contributed by atoms with Crippen LogP contribution in [0.4, 0.5) is 0 Å². The number of benzene rings is 1. The van der Waals surface area contributed by atoms with Crippen LogP contribution in [-0.2, 0) is 35.4 Å². The highest BCUT2D eigenvalue weighted by molar-refractivity contribution is 6.30. The number of fused-ring (bicyclic) bond motifs is 2. The van der Waals surface area contributed by atoms with Crippen molar-refractivity contribution in [1.29, 1.82) is 0 Å². The zero-order chi connectivity index (χ0) is 32.4. The van der Waals surface area contributed by atoms with Gasteiger partial charge in [-0.25, -0.2) is 4.98 Å². The summed E-state index contributed by atoms with van der Waals surface area (Å²) in [5.74, 6) is -0.126. The lowest BCUT2D eigenvalue weighted by molar-refractivity contribution is -0.142. The number of hydrogen-bond donors (Lipinski definition) is 3. The van der Waals surface area contributed by atoms with E-state index >= 15 is 0 Å². The van der Waals surface area contributed by atoms with Crippen LogP contribution in [0.25, 0.3) is 0 Å². The van der Waals surface area contributed by atoms with Crippen molar-refractivity contribution in [2.45, 2.75) is 71.1 Å². The minimum Gasteiger partial charge on any atom is -0.386 e. The summed E-state index contributed by atoms with van der Waals surface area (Å²) in [6.45, 7) is 10.4. The van der Waals surface area contributed by atoms with Gasteiger partial charge in [0, 0.05) is 62.3 Å². The van der Waals surface area contributed by atoms with Gasteiger partial charge in [-0.05, 0) is 73.4 Å². The molecule has 45 heavy (non-hydrogen) atoms. The highest BCUT2D eigenvalue weighted by Crippen LogP contribution is 2.25. The van der Waals surface area contributed by atoms with Gasteiger partial charge in [-0.2, -0.15) is 0 Å². The number of β-amino-alcohol motifs (C(OH)–C–C–N with tert-alkyl or cyclic N) is 1. The number of piperazine rings is 1. The third kappa shape index (κ3) is 10.1. The minimum atomic E-state index is -0.835. The van der Waals surface area contributed by atoms with Gasteiger partial charge in [-0.1, -0.05) is 37.6 Å². The van der Waals surface area contributed by atoms with Crippen LogP contribution in [0.1, 0.15) is 54.8 Å². The number of imidazole rings is 1. The zero-order valence-electron chi connectivity index (χ0n) is 26.7. The molecule has 2 saturated heterocycles. The molecule has 10 nitrogen and oxygen atoms in total. The Morgan fingerprint density at radius 2 is 1.87 bits per heavy atom. The molecule has 2 unspecified atom stereocenters. The molecule has 3 N–H and O–H groups in total. The van der Waals surface area contributed by atoms with Crippen molar-refractivity contribution in [3.05, 3.63) is 82.2 Å². The predicted molar refractivity (Wildman–Crippen MR) is 175 cm³/mol. The Labute approximate surface area is 271 Å². The first-order valence-electron chi connectivity index (χ1n) is 15.8. The fraction of sp³-hybridized carbons (Fsp3) is 0.529. The number of carbonyl (C=O) groups is 2. The van der Waals surface area contributed by atoms with Crippen molar-refractivity contribution in [3.63, 3.8) is 0 Å². The van der Waals surface area contributed by atoms with Gasteiger partial charge in [0.05, 0.1) is 25.1 Å². The minimum absolute atomic E-state index is 0.00221. The number of halogens is 1.